The minimum absolute atomic E-state index is 0.704. The molecular formula is C22H29ClN4O2. The van der Waals surface area contributed by atoms with Crippen molar-refractivity contribution >= 4 is 17.6 Å². The molecule has 156 valence electrons. The van der Waals surface area contributed by atoms with Crippen LogP contribution in [-0.4, -0.2) is 51.8 Å². The lowest BCUT2D eigenvalue weighted by Gasteiger charge is -2.29. The number of hydrogen-bond donors (Lipinski definition) is 2. The molecule has 1 aliphatic heterocycles. The van der Waals surface area contributed by atoms with E-state index in [1.165, 1.54) is 11.1 Å². The van der Waals surface area contributed by atoms with Crippen molar-refractivity contribution in [2.45, 2.75) is 19.5 Å². The van der Waals surface area contributed by atoms with Gasteiger partial charge in [0, 0.05) is 44.8 Å². The fourth-order valence-corrected chi connectivity index (χ4v) is 3.60. The third kappa shape index (κ3) is 5.78. The minimum atomic E-state index is 0.704. The average molecular weight is 417 g/mol. The summed E-state index contributed by atoms with van der Waals surface area (Å²) >= 11 is 5.93. The Hall–Kier alpha value is -2.44. The molecule has 1 heterocycles. The Kier molecular flexibility index (Phi) is 7.61. The molecule has 3 rings (SSSR count). The number of ether oxygens (including phenoxy) is 2. The molecule has 0 unspecified atom stereocenters. The van der Waals surface area contributed by atoms with Crippen LogP contribution in [0.3, 0.4) is 0 Å². The predicted molar refractivity (Wildman–Crippen MR) is 118 cm³/mol. The lowest BCUT2D eigenvalue weighted by Crippen LogP contribution is -2.42. The Bertz CT molecular complexity index is 839. The minimum Gasteiger partial charge on any atom is -0.493 e. The van der Waals surface area contributed by atoms with Crippen LogP contribution in [0.15, 0.2) is 41.4 Å². The Labute approximate surface area is 177 Å². The van der Waals surface area contributed by atoms with E-state index < -0.39 is 0 Å². The zero-order valence-corrected chi connectivity index (χ0v) is 18.1. The number of halogens is 1. The van der Waals surface area contributed by atoms with Crippen molar-refractivity contribution in [1.29, 1.82) is 0 Å². The molecule has 0 amide bonds. The van der Waals surface area contributed by atoms with Gasteiger partial charge in [0.1, 0.15) is 0 Å². The third-order valence-electron chi connectivity index (χ3n) is 5.11. The van der Waals surface area contributed by atoms with Gasteiger partial charge in [0.2, 0.25) is 0 Å². The monoisotopic (exact) mass is 416 g/mol. The fraction of sp³-hybridized carbons (Fsp3) is 0.409. The van der Waals surface area contributed by atoms with E-state index in [2.05, 4.69) is 32.7 Å². The largest absolute Gasteiger partial charge is 0.493 e. The molecule has 2 N–H and O–H groups in total. The van der Waals surface area contributed by atoms with Gasteiger partial charge < -0.3 is 20.1 Å². The standard InChI is InChI=1S/C22H29ClN4O2/c1-24-22(26-14-16-4-6-19(23)7-5-16)25-9-11-27-10-8-17-12-20(28-2)21(29-3)13-18(17)15-27/h4-7,12-13H,8-11,14-15H2,1-3H3,(H2,24,25,26). The first-order valence-electron chi connectivity index (χ1n) is 9.78. The fourth-order valence-electron chi connectivity index (χ4n) is 3.47. The van der Waals surface area contributed by atoms with Gasteiger partial charge in [-0.3, -0.25) is 9.89 Å². The molecule has 0 saturated heterocycles. The summed E-state index contributed by atoms with van der Waals surface area (Å²) in [6.45, 7) is 4.41. The summed E-state index contributed by atoms with van der Waals surface area (Å²) in [5, 5.41) is 7.47. The number of fused-ring (bicyclic) bond motifs is 1. The molecule has 2 aromatic rings. The highest BCUT2D eigenvalue weighted by Gasteiger charge is 2.19. The normalized spacial score (nSPS) is 14.3. The second-order valence-corrected chi connectivity index (χ2v) is 7.42. The van der Waals surface area contributed by atoms with Crippen LogP contribution in [0.4, 0.5) is 0 Å². The molecule has 0 aliphatic carbocycles. The Morgan fingerprint density at radius 1 is 1.07 bits per heavy atom. The Morgan fingerprint density at radius 2 is 1.76 bits per heavy atom. The molecule has 0 aromatic heterocycles. The predicted octanol–water partition coefficient (Wildman–Crippen LogP) is 3.08. The second kappa shape index (κ2) is 10.4. The van der Waals surface area contributed by atoms with E-state index in [9.17, 15) is 0 Å². The molecule has 0 atom stereocenters. The highest BCUT2D eigenvalue weighted by atomic mass is 35.5. The average Bonchev–Trinajstić information content (AvgIpc) is 2.76. The highest BCUT2D eigenvalue weighted by molar-refractivity contribution is 6.30. The number of rotatable bonds is 7. The number of hydrogen-bond acceptors (Lipinski definition) is 4. The van der Waals surface area contributed by atoms with Crippen LogP contribution in [0.1, 0.15) is 16.7 Å². The van der Waals surface area contributed by atoms with Gasteiger partial charge in [-0.25, -0.2) is 0 Å². The number of nitrogens with zero attached hydrogens (tertiary/aromatic N) is 2. The molecule has 7 heteroatoms. The van der Waals surface area contributed by atoms with E-state index in [-0.39, 0.29) is 0 Å². The van der Waals surface area contributed by atoms with Crippen molar-refractivity contribution < 1.29 is 9.47 Å². The van der Waals surface area contributed by atoms with Crippen LogP contribution in [0, 0.1) is 0 Å². The van der Waals surface area contributed by atoms with Crippen molar-refractivity contribution in [2.24, 2.45) is 4.99 Å². The Morgan fingerprint density at radius 3 is 2.41 bits per heavy atom. The van der Waals surface area contributed by atoms with E-state index in [1.807, 2.05) is 24.3 Å². The molecule has 0 bridgehead atoms. The lowest BCUT2D eigenvalue weighted by atomic mass is 9.99. The van der Waals surface area contributed by atoms with Gasteiger partial charge >= 0.3 is 0 Å². The quantitative estimate of drug-likeness (QED) is 0.536. The van der Waals surface area contributed by atoms with Crippen LogP contribution in [0.5, 0.6) is 11.5 Å². The zero-order chi connectivity index (χ0) is 20.6. The zero-order valence-electron chi connectivity index (χ0n) is 17.3. The molecule has 29 heavy (non-hydrogen) atoms. The maximum atomic E-state index is 5.93. The number of aliphatic imine (C=N–C) groups is 1. The summed E-state index contributed by atoms with van der Waals surface area (Å²) < 4.78 is 10.9. The SMILES string of the molecule is CN=C(NCCN1CCc2cc(OC)c(OC)cc2C1)NCc1ccc(Cl)cc1. The van der Waals surface area contributed by atoms with E-state index in [1.54, 1.807) is 21.3 Å². The van der Waals surface area contributed by atoms with Crippen molar-refractivity contribution in [2.75, 3.05) is 40.9 Å². The van der Waals surface area contributed by atoms with E-state index in [0.717, 1.165) is 60.6 Å². The molecule has 0 saturated carbocycles. The summed E-state index contributed by atoms with van der Waals surface area (Å²) in [4.78, 5) is 6.74. The summed E-state index contributed by atoms with van der Waals surface area (Å²) in [7, 11) is 5.14. The number of nitrogens with one attached hydrogen (secondary N) is 2. The third-order valence-corrected chi connectivity index (χ3v) is 5.37. The van der Waals surface area contributed by atoms with Gasteiger partial charge in [-0.15, -0.1) is 0 Å². The van der Waals surface area contributed by atoms with Gasteiger partial charge in [0.15, 0.2) is 17.5 Å². The van der Waals surface area contributed by atoms with Crippen molar-refractivity contribution in [3.8, 4) is 11.5 Å². The van der Waals surface area contributed by atoms with Gasteiger partial charge in [-0.1, -0.05) is 23.7 Å². The molecule has 1 aliphatic rings. The second-order valence-electron chi connectivity index (χ2n) is 6.98. The first-order valence-corrected chi connectivity index (χ1v) is 10.2. The lowest BCUT2D eigenvalue weighted by molar-refractivity contribution is 0.256. The first kappa shape index (κ1) is 21.3. The molecular weight excluding hydrogens is 388 g/mol. The van der Waals surface area contributed by atoms with Crippen LogP contribution in [0.2, 0.25) is 5.02 Å². The summed E-state index contributed by atoms with van der Waals surface area (Å²) in [5.41, 5.74) is 3.81. The Balaban J connectivity index is 1.47. The first-order chi connectivity index (χ1) is 14.1. The van der Waals surface area contributed by atoms with Crippen LogP contribution < -0.4 is 20.1 Å². The number of methoxy groups -OCH3 is 2. The maximum Gasteiger partial charge on any atom is 0.191 e. The van der Waals surface area contributed by atoms with Crippen LogP contribution >= 0.6 is 11.6 Å². The van der Waals surface area contributed by atoms with Crippen molar-refractivity contribution in [1.82, 2.24) is 15.5 Å². The molecule has 2 aromatic carbocycles. The van der Waals surface area contributed by atoms with Crippen molar-refractivity contribution in [3.05, 3.63) is 58.1 Å². The van der Waals surface area contributed by atoms with E-state index >= 15 is 0 Å². The summed E-state index contributed by atoms with van der Waals surface area (Å²) in [6.07, 6.45) is 1.01. The molecule has 0 fully saturated rings. The summed E-state index contributed by atoms with van der Waals surface area (Å²) in [6, 6.07) is 12.0. The van der Waals surface area contributed by atoms with Gasteiger partial charge in [0.05, 0.1) is 14.2 Å². The van der Waals surface area contributed by atoms with Crippen LogP contribution in [0.25, 0.3) is 0 Å². The van der Waals surface area contributed by atoms with Crippen molar-refractivity contribution in [3.63, 3.8) is 0 Å². The van der Waals surface area contributed by atoms with E-state index in [0.29, 0.717) is 6.54 Å². The van der Waals surface area contributed by atoms with Crippen LogP contribution in [-0.2, 0) is 19.5 Å². The maximum absolute atomic E-state index is 5.93. The summed E-state index contributed by atoms with van der Waals surface area (Å²) in [5.74, 6) is 2.39. The van der Waals surface area contributed by atoms with Gasteiger partial charge in [0.25, 0.3) is 0 Å². The smallest absolute Gasteiger partial charge is 0.191 e. The number of guanidine groups is 1. The highest BCUT2D eigenvalue weighted by Crippen LogP contribution is 2.33. The number of benzene rings is 2. The van der Waals surface area contributed by atoms with Gasteiger partial charge in [-0.05, 0) is 47.4 Å². The molecule has 6 nitrogen and oxygen atoms in total. The molecule has 0 radical (unpaired) electrons. The van der Waals surface area contributed by atoms with E-state index in [4.69, 9.17) is 21.1 Å². The topological polar surface area (TPSA) is 58.1 Å². The van der Waals surface area contributed by atoms with Gasteiger partial charge in [-0.2, -0.15) is 0 Å². The molecule has 0 spiro atoms.